The number of hydrogen-bond donors (Lipinski definition) is 0. The van der Waals surface area contributed by atoms with Crippen molar-refractivity contribution >= 4 is 57.6 Å². The summed E-state index contributed by atoms with van der Waals surface area (Å²) in [5.41, 5.74) is 0.440. The van der Waals surface area contributed by atoms with Gasteiger partial charge in [-0.05, 0) is 24.6 Å². The Hall–Kier alpha value is -2.24. The molecule has 1 aromatic heterocycles. The number of benzene rings is 1. The number of amides is 1. The highest BCUT2D eigenvalue weighted by Gasteiger charge is 2.32. The van der Waals surface area contributed by atoms with E-state index in [0.717, 1.165) is 39.3 Å². The number of nitro benzene ring substituents is 1. The molecule has 32 heavy (non-hydrogen) atoms. The molecule has 4 rings (SSSR count). The SMILES string of the molecule is O=C1C(=Cc2ccc(-c3ccc([N+](=O)[O-])cc3Cl)o2)SC(=S)N1CCCN1CCOCC1. The Labute approximate surface area is 199 Å². The lowest BCUT2D eigenvalue weighted by molar-refractivity contribution is -0.384. The van der Waals surface area contributed by atoms with Gasteiger partial charge in [0.05, 0.1) is 28.1 Å². The van der Waals surface area contributed by atoms with E-state index < -0.39 is 4.92 Å². The lowest BCUT2D eigenvalue weighted by atomic mass is 10.1. The molecule has 2 aliphatic heterocycles. The van der Waals surface area contributed by atoms with E-state index in [1.54, 1.807) is 23.1 Å². The van der Waals surface area contributed by atoms with Gasteiger partial charge in [0.2, 0.25) is 0 Å². The number of morpholine rings is 1. The highest BCUT2D eigenvalue weighted by Crippen LogP contribution is 2.35. The fraction of sp³-hybridized carbons (Fsp3) is 0.333. The zero-order valence-electron chi connectivity index (χ0n) is 17.0. The van der Waals surface area contributed by atoms with Crippen molar-refractivity contribution in [3.63, 3.8) is 0 Å². The van der Waals surface area contributed by atoms with Gasteiger partial charge in [0.1, 0.15) is 15.8 Å². The second-order valence-corrected chi connectivity index (χ2v) is 9.35. The number of nitrogens with zero attached hydrogens (tertiary/aromatic N) is 3. The van der Waals surface area contributed by atoms with Crippen molar-refractivity contribution in [2.75, 3.05) is 39.4 Å². The molecule has 0 bridgehead atoms. The van der Waals surface area contributed by atoms with Crippen molar-refractivity contribution in [2.24, 2.45) is 0 Å². The first kappa shape index (κ1) is 22.9. The number of carbonyl (C=O) groups is 1. The first-order chi connectivity index (χ1) is 15.4. The molecule has 0 saturated carbocycles. The van der Waals surface area contributed by atoms with Gasteiger partial charge in [-0.2, -0.15) is 0 Å². The molecule has 8 nitrogen and oxygen atoms in total. The number of halogens is 1. The van der Waals surface area contributed by atoms with Crippen LogP contribution in [0.2, 0.25) is 5.02 Å². The molecule has 3 heterocycles. The standard InChI is InChI=1S/C21H20ClN3O5S2/c22-17-12-14(25(27)28)2-4-16(17)18-5-3-15(30-18)13-19-20(26)24(21(31)32-19)7-1-6-23-8-10-29-11-9-23/h2-5,12-13H,1,6-11H2. The summed E-state index contributed by atoms with van der Waals surface area (Å²) in [4.78, 5) is 27.7. The molecular formula is C21H20ClN3O5S2. The van der Waals surface area contributed by atoms with Gasteiger partial charge >= 0.3 is 0 Å². The van der Waals surface area contributed by atoms with Crippen LogP contribution in [0.15, 0.2) is 39.7 Å². The minimum atomic E-state index is -0.508. The molecule has 0 aliphatic carbocycles. The van der Waals surface area contributed by atoms with Crippen LogP contribution in [-0.2, 0) is 9.53 Å². The highest BCUT2D eigenvalue weighted by molar-refractivity contribution is 8.26. The molecule has 1 amide bonds. The monoisotopic (exact) mass is 493 g/mol. The van der Waals surface area contributed by atoms with Crippen molar-refractivity contribution in [3.05, 3.63) is 56.1 Å². The average Bonchev–Trinajstić information content (AvgIpc) is 3.34. The third-order valence-electron chi connectivity index (χ3n) is 5.16. The largest absolute Gasteiger partial charge is 0.457 e. The highest BCUT2D eigenvalue weighted by atomic mass is 35.5. The van der Waals surface area contributed by atoms with E-state index in [2.05, 4.69) is 4.90 Å². The Kier molecular flexibility index (Phi) is 7.27. The smallest absolute Gasteiger partial charge is 0.270 e. The number of thiocarbonyl (C=S) groups is 1. The normalized spacial score (nSPS) is 18.7. The van der Waals surface area contributed by atoms with Crippen LogP contribution < -0.4 is 0 Å². The quantitative estimate of drug-likeness (QED) is 0.242. The van der Waals surface area contributed by atoms with Crippen LogP contribution in [0.1, 0.15) is 12.2 Å². The van der Waals surface area contributed by atoms with Crippen molar-refractivity contribution < 1.29 is 18.9 Å². The molecule has 2 aromatic rings. The molecule has 0 N–H and O–H groups in total. The lowest BCUT2D eigenvalue weighted by Gasteiger charge is -2.27. The fourth-order valence-electron chi connectivity index (χ4n) is 3.49. The van der Waals surface area contributed by atoms with Gasteiger partial charge in [-0.25, -0.2) is 0 Å². The van der Waals surface area contributed by atoms with Gasteiger partial charge in [-0.3, -0.25) is 24.7 Å². The van der Waals surface area contributed by atoms with Crippen LogP contribution >= 0.6 is 35.6 Å². The predicted octanol–water partition coefficient (Wildman–Crippen LogP) is 4.43. The van der Waals surface area contributed by atoms with Crippen LogP contribution in [0.4, 0.5) is 5.69 Å². The van der Waals surface area contributed by atoms with Crippen molar-refractivity contribution in [1.82, 2.24) is 9.80 Å². The summed E-state index contributed by atoms with van der Waals surface area (Å²) in [6, 6.07) is 7.61. The predicted molar refractivity (Wildman–Crippen MR) is 128 cm³/mol. The maximum Gasteiger partial charge on any atom is 0.270 e. The molecule has 1 aromatic carbocycles. The van der Waals surface area contributed by atoms with E-state index in [9.17, 15) is 14.9 Å². The van der Waals surface area contributed by atoms with E-state index in [1.165, 1.54) is 30.0 Å². The summed E-state index contributed by atoms with van der Waals surface area (Å²) >= 11 is 12.8. The second-order valence-electron chi connectivity index (χ2n) is 7.26. The number of carbonyl (C=O) groups excluding carboxylic acids is 1. The van der Waals surface area contributed by atoms with E-state index in [1.807, 2.05) is 0 Å². The Bertz CT molecular complexity index is 1080. The second kappa shape index (κ2) is 10.1. The Morgan fingerprint density at radius 2 is 2.00 bits per heavy atom. The minimum Gasteiger partial charge on any atom is -0.457 e. The molecular weight excluding hydrogens is 474 g/mol. The van der Waals surface area contributed by atoms with E-state index in [-0.39, 0.29) is 16.6 Å². The van der Waals surface area contributed by atoms with Gasteiger partial charge in [-0.15, -0.1) is 0 Å². The number of furan rings is 1. The minimum absolute atomic E-state index is 0.0946. The molecule has 2 aliphatic rings. The number of hydrogen-bond acceptors (Lipinski definition) is 8. The Balaban J connectivity index is 1.41. The molecule has 0 spiro atoms. The molecule has 0 radical (unpaired) electrons. The third kappa shape index (κ3) is 5.21. The van der Waals surface area contributed by atoms with Crippen LogP contribution in [0, 0.1) is 10.1 Å². The summed E-state index contributed by atoms with van der Waals surface area (Å²) in [5.74, 6) is 0.800. The number of ether oxygens (including phenoxy) is 1. The van der Waals surface area contributed by atoms with Gasteiger partial charge in [-0.1, -0.05) is 35.6 Å². The van der Waals surface area contributed by atoms with Gasteiger partial charge in [0.15, 0.2) is 0 Å². The maximum absolute atomic E-state index is 12.8. The van der Waals surface area contributed by atoms with Crippen molar-refractivity contribution in [2.45, 2.75) is 6.42 Å². The summed E-state index contributed by atoms with van der Waals surface area (Å²) < 4.78 is 11.7. The molecule has 2 fully saturated rings. The Morgan fingerprint density at radius 3 is 2.72 bits per heavy atom. The summed E-state index contributed by atoms with van der Waals surface area (Å²) in [6.45, 7) is 4.80. The number of non-ortho nitro benzene ring substituents is 1. The van der Waals surface area contributed by atoms with E-state index in [0.29, 0.717) is 32.9 Å². The summed E-state index contributed by atoms with van der Waals surface area (Å²) in [7, 11) is 0. The van der Waals surface area contributed by atoms with Crippen molar-refractivity contribution in [1.29, 1.82) is 0 Å². The number of nitro groups is 1. The molecule has 0 atom stereocenters. The van der Waals surface area contributed by atoms with Gasteiger partial charge < -0.3 is 9.15 Å². The van der Waals surface area contributed by atoms with Gasteiger partial charge in [0.25, 0.3) is 11.6 Å². The average molecular weight is 494 g/mol. The van der Waals surface area contributed by atoms with Gasteiger partial charge in [0, 0.05) is 50.0 Å². The first-order valence-corrected chi connectivity index (χ1v) is 11.6. The van der Waals surface area contributed by atoms with E-state index in [4.69, 9.17) is 33.0 Å². The third-order valence-corrected chi connectivity index (χ3v) is 6.85. The number of rotatable bonds is 7. The summed E-state index contributed by atoms with van der Waals surface area (Å²) in [6.07, 6.45) is 2.49. The zero-order valence-corrected chi connectivity index (χ0v) is 19.4. The molecule has 0 unspecified atom stereocenters. The maximum atomic E-state index is 12.8. The van der Waals surface area contributed by atoms with Crippen LogP contribution in [0.5, 0.6) is 0 Å². The topological polar surface area (TPSA) is 89.1 Å². The lowest BCUT2D eigenvalue weighted by Crippen LogP contribution is -2.38. The van der Waals surface area contributed by atoms with E-state index >= 15 is 0 Å². The van der Waals surface area contributed by atoms with Crippen LogP contribution in [0.25, 0.3) is 17.4 Å². The molecule has 168 valence electrons. The van der Waals surface area contributed by atoms with Crippen LogP contribution in [-0.4, -0.2) is 64.3 Å². The number of thioether (sulfide) groups is 1. The zero-order chi connectivity index (χ0) is 22.7. The molecule has 2 saturated heterocycles. The Morgan fingerprint density at radius 1 is 1.22 bits per heavy atom. The first-order valence-electron chi connectivity index (χ1n) is 10.0. The summed E-state index contributed by atoms with van der Waals surface area (Å²) in [5, 5.41) is 11.1. The molecule has 11 heteroatoms. The fourth-order valence-corrected chi connectivity index (χ4v) is 5.05. The van der Waals surface area contributed by atoms with Crippen LogP contribution in [0.3, 0.4) is 0 Å². The van der Waals surface area contributed by atoms with Crippen molar-refractivity contribution in [3.8, 4) is 11.3 Å².